The van der Waals surface area contributed by atoms with E-state index in [0.717, 1.165) is 108 Å². The standard InChI is InChI=1S/C63H122O17P2/c1-8-11-12-13-14-15-16-17-21-30-37-44-60(65)73-50-58(79-62(67)46-39-32-22-19-18-20-28-35-42-55(6)9-2)52-77-81(69,70)75-48-57(64)49-76-82(71,72)78-53-59(51-74-61(66)45-38-31-25-23-27-34-41-54(4)5)80-63(68)47-40-33-26-24-29-36-43-56(7)10-3/h54-59,64H,8-53H2,1-7H3,(H,69,70)(H,71,72)/t55?,56?,57-,58-,59-/m1/s1. The number of hydrogen-bond acceptors (Lipinski definition) is 15. The lowest BCUT2D eigenvalue weighted by molar-refractivity contribution is -0.161. The van der Waals surface area contributed by atoms with E-state index in [9.17, 15) is 43.2 Å². The van der Waals surface area contributed by atoms with Crippen LogP contribution in [-0.4, -0.2) is 96.7 Å². The number of aliphatic hydroxyl groups is 1. The van der Waals surface area contributed by atoms with E-state index in [0.29, 0.717) is 31.6 Å². The van der Waals surface area contributed by atoms with Gasteiger partial charge in [0.15, 0.2) is 12.2 Å². The number of unbranched alkanes of at least 4 members (excludes halogenated alkanes) is 27. The van der Waals surface area contributed by atoms with Gasteiger partial charge in [0.2, 0.25) is 0 Å². The summed E-state index contributed by atoms with van der Waals surface area (Å²) in [4.78, 5) is 72.1. The van der Waals surface area contributed by atoms with E-state index in [1.807, 2.05) is 0 Å². The molecule has 17 nitrogen and oxygen atoms in total. The van der Waals surface area contributed by atoms with Crippen LogP contribution >= 0.6 is 15.6 Å². The van der Waals surface area contributed by atoms with E-state index in [4.69, 9.17) is 37.0 Å². The zero-order valence-corrected chi connectivity index (χ0v) is 54.7. The lowest BCUT2D eigenvalue weighted by Crippen LogP contribution is -2.30. The molecule has 0 bridgehead atoms. The summed E-state index contributed by atoms with van der Waals surface area (Å²) in [7, 11) is -9.89. The minimum Gasteiger partial charge on any atom is -0.462 e. The SMILES string of the molecule is CCCCCCCCCCCCCC(=O)OC[C@H](COP(=O)(O)OC[C@@H](O)COP(=O)(O)OC[C@@H](COC(=O)CCCCCCCCC(C)C)OC(=O)CCCCCCCCC(C)CC)OC(=O)CCCCCCCCCCC(C)CC. The summed E-state index contributed by atoms with van der Waals surface area (Å²) in [5.74, 6) is 0.0273. The van der Waals surface area contributed by atoms with Crippen LogP contribution in [0.2, 0.25) is 0 Å². The van der Waals surface area contributed by atoms with Crippen LogP contribution in [0.25, 0.3) is 0 Å². The van der Waals surface area contributed by atoms with Gasteiger partial charge in [-0.2, -0.15) is 0 Å². The number of carbonyl (C=O) groups excluding carboxylic acids is 4. The number of phosphoric acid groups is 2. The Labute approximate surface area is 498 Å². The summed E-state index contributed by atoms with van der Waals surface area (Å²) in [5, 5.41) is 10.5. The molecule has 0 amide bonds. The Morgan fingerprint density at radius 1 is 0.354 bits per heavy atom. The smallest absolute Gasteiger partial charge is 0.462 e. The molecular weight excluding hydrogens is 1090 g/mol. The van der Waals surface area contributed by atoms with Gasteiger partial charge in [-0.3, -0.25) is 37.3 Å². The minimum atomic E-state index is -4.94. The van der Waals surface area contributed by atoms with Crippen molar-refractivity contribution in [2.75, 3.05) is 39.6 Å². The van der Waals surface area contributed by atoms with Crippen molar-refractivity contribution in [3.05, 3.63) is 0 Å². The third kappa shape index (κ3) is 54.7. The van der Waals surface area contributed by atoms with Gasteiger partial charge in [0, 0.05) is 25.7 Å². The Hall–Kier alpha value is -1.94. The summed E-state index contributed by atoms with van der Waals surface area (Å²) in [6.45, 7) is 11.6. The average Bonchev–Trinajstić information content (AvgIpc) is 3.44. The lowest BCUT2D eigenvalue weighted by Gasteiger charge is -2.21. The first kappa shape index (κ1) is 80.1. The van der Waals surface area contributed by atoms with Gasteiger partial charge < -0.3 is 33.8 Å². The molecule has 4 unspecified atom stereocenters. The molecule has 0 radical (unpaired) electrons. The van der Waals surface area contributed by atoms with Crippen molar-refractivity contribution >= 4 is 39.5 Å². The number of rotatable bonds is 61. The Bertz CT molecular complexity index is 1630. The zero-order chi connectivity index (χ0) is 61.0. The van der Waals surface area contributed by atoms with E-state index in [2.05, 4.69) is 48.5 Å². The molecule has 0 aliphatic rings. The first-order chi connectivity index (χ1) is 39.3. The van der Waals surface area contributed by atoms with Crippen molar-refractivity contribution in [2.24, 2.45) is 17.8 Å². The highest BCUT2D eigenvalue weighted by atomic mass is 31.2. The van der Waals surface area contributed by atoms with Gasteiger partial charge in [-0.05, 0) is 43.4 Å². The Kier molecular flexibility index (Phi) is 53.2. The molecule has 0 heterocycles. The van der Waals surface area contributed by atoms with Crippen molar-refractivity contribution in [1.29, 1.82) is 0 Å². The van der Waals surface area contributed by atoms with Crippen LogP contribution in [0.5, 0.6) is 0 Å². The molecular formula is C63H122O17P2. The average molecular weight is 1210 g/mol. The summed E-state index contributed by atoms with van der Waals surface area (Å²) < 4.78 is 67.9. The highest BCUT2D eigenvalue weighted by Gasteiger charge is 2.30. The summed E-state index contributed by atoms with van der Waals surface area (Å²) in [6.07, 6.45) is 34.9. The number of esters is 4. The summed E-state index contributed by atoms with van der Waals surface area (Å²) in [6, 6.07) is 0. The molecule has 0 saturated heterocycles. The molecule has 7 atom stereocenters. The van der Waals surface area contributed by atoms with Gasteiger partial charge in [-0.25, -0.2) is 9.13 Å². The molecule has 0 aromatic rings. The van der Waals surface area contributed by atoms with Crippen LogP contribution in [-0.2, 0) is 65.4 Å². The maximum Gasteiger partial charge on any atom is 0.472 e. The second-order valence-electron chi connectivity index (χ2n) is 23.8. The number of aliphatic hydroxyl groups excluding tert-OH is 1. The van der Waals surface area contributed by atoms with Crippen molar-refractivity contribution in [3.8, 4) is 0 Å². The molecule has 0 aliphatic carbocycles. The maximum absolute atomic E-state index is 13.0. The number of ether oxygens (including phenoxy) is 4. The fraction of sp³-hybridized carbons (Fsp3) is 0.937. The second kappa shape index (κ2) is 54.5. The third-order valence-electron chi connectivity index (χ3n) is 15.1. The van der Waals surface area contributed by atoms with Crippen LogP contribution in [0.1, 0.15) is 305 Å². The fourth-order valence-electron chi connectivity index (χ4n) is 9.24. The monoisotopic (exact) mass is 1210 g/mol. The number of hydrogen-bond donors (Lipinski definition) is 3. The second-order valence-corrected chi connectivity index (χ2v) is 26.7. The van der Waals surface area contributed by atoms with E-state index in [1.165, 1.54) is 109 Å². The van der Waals surface area contributed by atoms with Gasteiger partial charge in [0.05, 0.1) is 26.4 Å². The van der Waals surface area contributed by atoms with Crippen molar-refractivity contribution in [3.63, 3.8) is 0 Å². The Balaban J connectivity index is 5.26. The van der Waals surface area contributed by atoms with Gasteiger partial charge >= 0.3 is 39.5 Å². The Morgan fingerprint density at radius 2 is 0.622 bits per heavy atom. The van der Waals surface area contributed by atoms with E-state index in [1.54, 1.807) is 0 Å². The van der Waals surface area contributed by atoms with E-state index >= 15 is 0 Å². The normalized spacial score (nSPS) is 15.1. The minimum absolute atomic E-state index is 0.101. The number of carbonyl (C=O) groups is 4. The predicted molar refractivity (Wildman–Crippen MR) is 326 cm³/mol. The van der Waals surface area contributed by atoms with E-state index < -0.39 is 97.5 Å². The molecule has 0 saturated carbocycles. The van der Waals surface area contributed by atoms with Gasteiger partial charge in [0.1, 0.15) is 19.3 Å². The van der Waals surface area contributed by atoms with Crippen LogP contribution in [0.3, 0.4) is 0 Å². The highest BCUT2D eigenvalue weighted by molar-refractivity contribution is 7.47. The topological polar surface area (TPSA) is 237 Å². The quantitative estimate of drug-likeness (QED) is 0.0222. The molecule has 486 valence electrons. The largest absolute Gasteiger partial charge is 0.472 e. The van der Waals surface area contributed by atoms with Crippen LogP contribution in [0.15, 0.2) is 0 Å². The first-order valence-electron chi connectivity index (χ1n) is 32.9. The van der Waals surface area contributed by atoms with Crippen LogP contribution in [0.4, 0.5) is 0 Å². The molecule has 0 fully saturated rings. The lowest BCUT2D eigenvalue weighted by atomic mass is 9.99. The predicted octanol–water partition coefficient (Wildman–Crippen LogP) is 17.1. The van der Waals surface area contributed by atoms with Crippen molar-refractivity contribution < 1.29 is 80.2 Å². The summed E-state index contributed by atoms with van der Waals surface area (Å²) in [5.41, 5.74) is 0. The van der Waals surface area contributed by atoms with Crippen molar-refractivity contribution in [1.82, 2.24) is 0 Å². The molecule has 82 heavy (non-hydrogen) atoms. The van der Waals surface area contributed by atoms with Crippen LogP contribution in [0, 0.1) is 17.8 Å². The van der Waals surface area contributed by atoms with Gasteiger partial charge in [0.25, 0.3) is 0 Å². The molecule has 19 heteroatoms. The molecule has 0 spiro atoms. The molecule has 0 aliphatic heterocycles. The number of phosphoric ester groups is 2. The summed E-state index contributed by atoms with van der Waals surface area (Å²) >= 11 is 0. The zero-order valence-electron chi connectivity index (χ0n) is 52.9. The molecule has 3 N–H and O–H groups in total. The molecule has 0 rings (SSSR count). The Morgan fingerprint density at radius 3 is 0.927 bits per heavy atom. The highest BCUT2D eigenvalue weighted by Crippen LogP contribution is 2.45. The fourth-order valence-corrected chi connectivity index (χ4v) is 10.8. The van der Waals surface area contributed by atoms with Gasteiger partial charge in [-0.15, -0.1) is 0 Å². The molecule has 0 aromatic heterocycles. The first-order valence-corrected chi connectivity index (χ1v) is 35.9. The maximum atomic E-state index is 13.0. The van der Waals surface area contributed by atoms with E-state index in [-0.39, 0.29) is 25.7 Å². The van der Waals surface area contributed by atoms with Crippen molar-refractivity contribution in [2.45, 2.75) is 324 Å². The van der Waals surface area contributed by atoms with Crippen LogP contribution < -0.4 is 0 Å². The van der Waals surface area contributed by atoms with Gasteiger partial charge in [-0.1, -0.05) is 254 Å². The third-order valence-corrected chi connectivity index (χ3v) is 17.0. The molecule has 0 aromatic carbocycles.